The fourth-order valence-electron chi connectivity index (χ4n) is 3.65. The van der Waals surface area contributed by atoms with Crippen molar-refractivity contribution in [3.63, 3.8) is 0 Å². The van der Waals surface area contributed by atoms with Crippen LogP contribution in [0.25, 0.3) is 0 Å². The molecule has 1 atom stereocenters. The van der Waals surface area contributed by atoms with Crippen molar-refractivity contribution in [2.45, 2.75) is 77.4 Å². The van der Waals surface area contributed by atoms with Crippen LogP contribution in [0.1, 0.15) is 65.7 Å². The summed E-state index contributed by atoms with van der Waals surface area (Å²) in [5.41, 5.74) is -0.427. The lowest BCUT2D eigenvalue weighted by molar-refractivity contribution is 0.0162. The standard InChI is InChI=1S/C19H36N4O2/c1-19(2,3)25-18(24)23-13-7-8-15(14-23)11-12-21-17(20-4)22-16-9-5-6-10-16/h15-16H,5-14H2,1-4H3,(H2,20,21,22). The van der Waals surface area contributed by atoms with Crippen LogP contribution in [0.4, 0.5) is 4.79 Å². The Morgan fingerprint density at radius 3 is 2.56 bits per heavy atom. The SMILES string of the molecule is CN=C(NCCC1CCCN(C(=O)OC(C)(C)C)C1)NC1CCCC1. The number of nitrogens with zero attached hydrogens (tertiary/aromatic N) is 2. The molecule has 144 valence electrons. The summed E-state index contributed by atoms with van der Waals surface area (Å²) in [7, 11) is 1.83. The first kappa shape index (κ1) is 19.9. The van der Waals surface area contributed by atoms with Gasteiger partial charge in [0.15, 0.2) is 5.96 Å². The molecule has 6 nitrogen and oxygen atoms in total. The summed E-state index contributed by atoms with van der Waals surface area (Å²) in [4.78, 5) is 18.4. The number of likely N-dealkylation sites (tertiary alicyclic amines) is 1. The lowest BCUT2D eigenvalue weighted by Gasteiger charge is -2.34. The Balaban J connectivity index is 1.70. The van der Waals surface area contributed by atoms with Crippen molar-refractivity contribution >= 4 is 12.1 Å². The Kier molecular flexibility index (Phi) is 7.38. The zero-order valence-electron chi connectivity index (χ0n) is 16.4. The average Bonchev–Trinajstić information content (AvgIpc) is 3.05. The molecular formula is C19H36N4O2. The van der Waals surface area contributed by atoms with Crippen molar-refractivity contribution in [3.05, 3.63) is 0 Å². The largest absolute Gasteiger partial charge is 0.444 e. The Labute approximate surface area is 152 Å². The Morgan fingerprint density at radius 2 is 1.92 bits per heavy atom. The van der Waals surface area contributed by atoms with Gasteiger partial charge in [-0.05, 0) is 58.8 Å². The first-order valence-corrected chi connectivity index (χ1v) is 9.82. The predicted octanol–water partition coefficient (Wildman–Crippen LogP) is 3.13. The maximum atomic E-state index is 12.2. The maximum absolute atomic E-state index is 12.2. The van der Waals surface area contributed by atoms with E-state index in [0.29, 0.717) is 12.0 Å². The number of hydrogen-bond acceptors (Lipinski definition) is 3. The van der Waals surface area contributed by atoms with Crippen molar-refractivity contribution in [2.75, 3.05) is 26.7 Å². The van der Waals surface area contributed by atoms with Crippen LogP contribution in [0.2, 0.25) is 0 Å². The predicted molar refractivity (Wildman–Crippen MR) is 102 cm³/mol. The van der Waals surface area contributed by atoms with Gasteiger partial charge in [-0.1, -0.05) is 12.8 Å². The molecule has 2 N–H and O–H groups in total. The van der Waals surface area contributed by atoms with Gasteiger partial charge in [0.2, 0.25) is 0 Å². The van der Waals surface area contributed by atoms with Gasteiger partial charge in [-0.2, -0.15) is 0 Å². The van der Waals surface area contributed by atoms with Crippen LogP contribution in [0.3, 0.4) is 0 Å². The van der Waals surface area contributed by atoms with E-state index >= 15 is 0 Å². The third-order valence-electron chi connectivity index (χ3n) is 4.94. The van der Waals surface area contributed by atoms with Gasteiger partial charge in [0.25, 0.3) is 0 Å². The van der Waals surface area contributed by atoms with Crippen molar-refractivity contribution < 1.29 is 9.53 Å². The van der Waals surface area contributed by atoms with E-state index in [1.165, 1.54) is 32.1 Å². The number of hydrogen-bond donors (Lipinski definition) is 2. The molecular weight excluding hydrogens is 316 g/mol. The molecule has 1 amide bonds. The number of carbonyl (C=O) groups excluding carboxylic acids is 1. The van der Waals surface area contributed by atoms with Crippen molar-refractivity contribution in [2.24, 2.45) is 10.9 Å². The Bertz CT molecular complexity index is 453. The van der Waals surface area contributed by atoms with Crippen molar-refractivity contribution in [3.8, 4) is 0 Å². The molecule has 1 heterocycles. The van der Waals surface area contributed by atoms with E-state index in [2.05, 4.69) is 15.6 Å². The molecule has 1 saturated heterocycles. The van der Waals surface area contributed by atoms with Gasteiger partial charge in [0.05, 0.1) is 0 Å². The molecule has 2 rings (SSSR count). The lowest BCUT2D eigenvalue weighted by Crippen LogP contribution is -2.45. The molecule has 1 saturated carbocycles. The number of ether oxygens (including phenoxy) is 1. The van der Waals surface area contributed by atoms with Crippen LogP contribution in [0.15, 0.2) is 4.99 Å². The molecule has 0 bridgehead atoms. The van der Waals surface area contributed by atoms with E-state index < -0.39 is 5.60 Å². The number of piperidine rings is 1. The molecule has 0 aromatic carbocycles. The van der Waals surface area contributed by atoms with E-state index in [1.807, 2.05) is 32.7 Å². The summed E-state index contributed by atoms with van der Waals surface area (Å²) in [6.45, 7) is 8.24. The molecule has 2 fully saturated rings. The van der Waals surface area contributed by atoms with Crippen molar-refractivity contribution in [1.82, 2.24) is 15.5 Å². The topological polar surface area (TPSA) is 66.0 Å². The number of amides is 1. The maximum Gasteiger partial charge on any atom is 0.410 e. The zero-order chi connectivity index (χ0) is 18.3. The number of aliphatic imine (C=N–C) groups is 1. The molecule has 0 aromatic rings. The molecule has 1 aliphatic heterocycles. The minimum Gasteiger partial charge on any atom is -0.444 e. The monoisotopic (exact) mass is 352 g/mol. The van der Waals surface area contributed by atoms with E-state index in [4.69, 9.17) is 4.74 Å². The number of carbonyl (C=O) groups is 1. The number of rotatable bonds is 4. The van der Waals surface area contributed by atoms with Crippen LogP contribution in [0, 0.1) is 5.92 Å². The summed E-state index contributed by atoms with van der Waals surface area (Å²) in [5, 5.41) is 6.94. The smallest absolute Gasteiger partial charge is 0.410 e. The van der Waals surface area contributed by atoms with Crippen LogP contribution >= 0.6 is 0 Å². The highest BCUT2D eigenvalue weighted by Gasteiger charge is 2.27. The van der Waals surface area contributed by atoms with E-state index in [0.717, 1.165) is 38.4 Å². The molecule has 0 aromatic heterocycles. The normalized spacial score (nSPS) is 22.8. The summed E-state index contributed by atoms with van der Waals surface area (Å²) in [6.07, 6.45) is 8.22. The van der Waals surface area contributed by atoms with E-state index in [-0.39, 0.29) is 6.09 Å². The number of nitrogens with one attached hydrogen (secondary N) is 2. The molecule has 2 aliphatic rings. The van der Waals surface area contributed by atoms with Crippen molar-refractivity contribution in [1.29, 1.82) is 0 Å². The minimum absolute atomic E-state index is 0.177. The summed E-state index contributed by atoms with van der Waals surface area (Å²) < 4.78 is 5.50. The van der Waals surface area contributed by atoms with Crippen LogP contribution in [-0.4, -0.2) is 55.3 Å². The minimum atomic E-state index is -0.427. The Hall–Kier alpha value is -1.46. The van der Waals surface area contributed by atoms with Gasteiger partial charge in [0, 0.05) is 32.7 Å². The van der Waals surface area contributed by atoms with Gasteiger partial charge in [-0.3, -0.25) is 4.99 Å². The van der Waals surface area contributed by atoms with Gasteiger partial charge in [0.1, 0.15) is 5.60 Å². The molecule has 25 heavy (non-hydrogen) atoms. The third-order valence-corrected chi connectivity index (χ3v) is 4.94. The first-order chi connectivity index (χ1) is 11.9. The molecule has 0 spiro atoms. The summed E-state index contributed by atoms with van der Waals surface area (Å²) >= 11 is 0. The first-order valence-electron chi connectivity index (χ1n) is 9.82. The highest BCUT2D eigenvalue weighted by atomic mass is 16.6. The second-order valence-electron chi connectivity index (χ2n) is 8.35. The second kappa shape index (κ2) is 9.30. The highest BCUT2D eigenvalue weighted by Crippen LogP contribution is 2.21. The Morgan fingerprint density at radius 1 is 1.20 bits per heavy atom. The quantitative estimate of drug-likeness (QED) is 0.603. The average molecular weight is 353 g/mol. The summed E-state index contributed by atoms with van der Waals surface area (Å²) in [5.74, 6) is 1.44. The highest BCUT2D eigenvalue weighted by molar-refractivity contribution is 5.79. The summed E-state index contributed by atoms with van der Waals surface area (Å²) in [6, 6.07) is 0.573. The number of guanidine groups is 1. The fourth-order valence-corrected chi connectivity index (χ4v) is 3.65. The van der Waals surface area contributed by atoms with E-state index in [9.17, 15) is 4.79 Å². The second-order valence-corrected chi connectivity index (χ2v) is 8.35. The van der Waals surface area contributed by atoms with Crippen LogP contribution in [0.5, 0.6) is 0 Å². The van der Waals surface area contributed by atoms with Crippen LogP contribution in [-0.2, 0) is 4.74 Å². The molecule has 1 aliphatic carbocycles. The van der Waals surface area contributed by atoms with Gasteiger partial charge in [-0.15, -0.1) is 0 Å². The van der Waals surface area contributed by atoms with Gasteiger partial charge in [-0.25, -0.2) is 4.79 Å². The molecule has 0 radical (unpaired) electrons. The van der Waals surface area contributed by atoms with E-state index in [1.54, 1.807) is 0 Å². The van der Waals surface area contributed by atoms with Gasteiger partial charge >= 0.3 is 6.09 Å². The fraction of sp³-hybridized carbons (Fsp3) is 0.895. The van der Waals surface area contributed by atoms with Gasteiger partial charge < -0.3 is 20.3 Å². The zero-order valence-corrected chi connectivity index (χ0v) is 16.4. The molecule has 6 heteroatoms. The molecule has 1 unspecified atom stereocenters. The lowest BCUT2D eigenvalue weighted by atomic mass is 9.95. The third kappa shape index (κ3) is 7.12. The van der Waals surface area contributed by atoms with Crippen LogP contribution < -0.4 is 10.6 Å².